The number of ether oxygens (including phenoxy) is 1. The highest BCUT2D eigenvalue weighted by Crippen LogP contribution is 2.34. The van der Waals surface area contributed by atoms with Crippen molar-refractivity contribution in [1.82, 2.24) is 14.3 Å². The van der Waals surface area contributed by atoms with Crippen molar-refractivity contribution in [2.24, 2.45) is 13.0 Å². The first-order valence-electron chi connectivity index (χ1n) is 7.71. The minimum atomic E-state index is -0.292. The summed E-state index contributed by atoms with van der Waals surface area (Å²) in [5.41, 5.74) is 1.43. The van der Waals surface area contributed by atoms with Gasteiger partial charge in [-0.25, -0.2) is 0 Å². The second kappa shape index (κ2) is 6.37. The van der Waals surface area contributed by atoms with E-state index in [2.05, 4.69) is 10.4 Å². The van der Waals surface area contributed by atoms with Gasteiger partial charge in [0.05, 0.1) is 17.3 Å². The van der Waals surface area contributed by atoms with E-state index in [9.17, 15) is 9.59 Å². The van der Waals surface area contributed by atoms with Gasteiger partial charge in [-0.1, -0.05) is 0 Å². The molecule has 0 aliphatic carbocycles. The lowest BCUT2D eigenvalue weighted by molar-refractivity contribution is -0.121. The molecule has 0 radical (unpaired) electrons. The van der Waals surface area contributed by atoms with Crippen LogP contribution < -0.4 is 10.9 Å². The van der Waals surface area contributed by atoms with Gasteiger partial charge >= 0.3 is 0 Å². The highest BCUT2D eigenvalue weighted by molar-refractivity contribution is 5.93. The normalized spacial score (nSPS) is 20.6. The number of hydrogen-bond acceptors (Lipinski definition) is 4. The molecule has 2 aromatic heterocycles. The molecule has 122 valence electrons. The molecule has 3 rings (SSSR count). The van der Waals surface area contributed by atoms with Crippen LogP contribution in [0, 0.1) is 5.92 Å². The molecule has 1 amide bonds. The highest BCUT2D eigenvalue weighted by atomic mass is 16.5. The third-order valence-corrected chi connectivity index (χ3v) is 4.17. The Bertz CT molecular complexity index is 765. The molecule has 0 spiro atoms. The largest absolute Gasteiger partial charge is 0.371 e. The summed E-state index contributed by atoms with van der Waals surface area (Å²) in [6.07, 6.45) is 3.73. The number of nitrogens with one attached hydrogen (secondary N) is 1. The van der Waals surface area contributed by atoms with Gasteiger partial charge in [0.15, 0.2) is 0 Å². The number of hydrogen-bond donors (Lipinski definition) is 1. The van der Waals surface area contributed by atoms with E-state index < -0.39 is 0 Å². The fraction of sp³-hybridized carbons (Fsp3) is 0.438. The maximum Gasteiger partial charge on any atom is 0.250 e. The predicted octanol–water partition coefficient (Wildman–Crippen LogP) is 1.32. The van der Waals surface area contributed by atoms with Crippen LogP contribution in [0.3, 0.4) is 0 Å². The summed E-state index contributed by atoms with van der Waals surface area (Å²) in [5.74, 6) is -0.373. The van der Waals surface area contributed by atoms with Crippen molar-refractivity contribution in [3.8, 4) is 0 Å². The zero-order valence-corrected chi connectivity index (χ0v) is 13.2. The summed E-state index contributed by atoms with van der Waals surface area (Å²) in [4.78, 5) is 24.2. The first kappa shape index (κ1) is 15.5. The molecule has 1 fully saturated rings. The summed E-state index contributed by atoms with van der Waals surface area (Å²) in [6, 6.07) is 4.96. The number of aryl methyl sites for hydroxylation is 2. The van der Waals surface area contributed by atoms with Crippen molar-refractivity contribution < 1.29 is 9.53 Å². The molecule has 2 atom stereocenters. The van der Waals surface area contributed by atoms with Gasteiger partial charge in [0.2, 0.25) is 5.91 Å². The van der Waals surface area contributed by atoms with Gasteiger partial charge in [0.1, 0.15) is 6.10 Å². The van der Waals surface area contributed by atoms with Crippen LogP contribution in [-0.4, -0.2) is 26.9 Å². The number of anilines is 1. The zero-order valence-electron chi connectivity index (χ0n) is 13.2. The van der Waals surface area contributed by atoms with Gasteiger partial charge in [-0.2, -0.15) is 5.10 Å². The summed E-state index contributed by atoms with van der Waals surface area (Å²) >= 11 is 0. The number of carbonyl (C=O) groups is 1. The van der Waals surface area contributed by atoms with Gasteiger partial charge in [-0.15, -0.1) is 0 Å². The standard InChI is InChI=1S/C16H20N4O3/c1-3-20-10-11(4-5-14(20)21)18-16(22)12-7-9-23-15(12)13-6-8-17-19(13)2/h4-6,8,10,12,15H,3,7,9H2,1-2H3,(H,18,22)/t12-,15-/m1/s1. The van der Waals surface area contributed by atoms with E-state index in [0.29, 0.717) is 25.3 Å². The third kappa shape index (κ3) is 3.05. The smallest absolute Gasteiger partial charge is 0.250 e. The first-order valence-corrected chi connectivity index (χ1v) is 7.71. The van der Waals surface area contributed by atoms with Crippen molar-refractivity contribution in [3.05, 3.63) is 46.6 Å². The van der Waals surface area contributed by atoms with E-state index in [0.717, 1.165) is 5.69 Å². The van der Waals surface area contributed by atoms with Crippen molar-refractivity contribution in [1.29, 1.82) is 0 Å². The van der Waals surface area contributed by atoms with E-state index in [1.54, 1.807) is 27.7 Å². The number of amides is 1. The molecule has 3 heterocycles. The van der Waals surface area contributed by atoms with Crippen molar-refractivity contribution in [2.75, 3.05) is 11.9 Å². The number of pyridine rings is 1. The SMILES string of the molecule is CCn1cc(NC(=O)[C@@H]2CCO[C@H]2c2ccnn2C)ccc1=O. The van der Waals surface area contributed by atoms with Gasteiger partial charge in [-0.05, 0) is 25.5 Å². The highest BCUT2D eigenvalue weighted by Gasteiger charge is 2.36. The fourth-order valence-electron chi connectivity index (χ4n) is 2.90. The van der Waals surface area contributed by atoms with Crippen LogP contribution in [-0.2, 0) is 23.1 Å². The molecule has 0 bridgehead atoms. The van der Waals surface area contributed by atoms with E-state index in [4.69, 9.17) is 4.74 Å². The molecule has 7 heteroatoms. The van der Waals surface area contributed by atoms with Crippen LogP contribution in [0.4, 0.5) is 5.69 Å². The maximum absolute atomic E-state index is 12.6. The van der Waals surface area contributed by atoms with Gasteiger partial charge < -0.3 is 14.6 Å². The topological polar surface area (TPSA) is 78.2 Å². The number of rotatable bonds is 4. The van der Waals surface area contributed by atoms with Crippen molar-refractivity contribution in [3.63, 3.8) is 0 Å². The lowest BCUT2D eigenvalue weighted by Gasteiger charge is -2.18. The fourth-order valence-corrected chi connectivity index (χ4v) is 2.90. The Kier molecular flexibility index (Phi) is 4.29. The molecule has 23 heavy (non-hydrogen) atoms. The molecule has 0 saturated carbocycles. The Morgan fingerprint density at radius 1 is 1.43 bits per heavy atom. The minimum absolute atomic E-state index is 0.0811. The molecule has 1 aliphatic rings. The number of nitrogens with zero attached hydrogens (tertiary/aromatic N) is 3. The van der Waals surface area contributed by atoms with Crippen LogP contribution in [0.2, 0.25) is 0 Å². The Balaban J connectivity index is 1.77. The van der Waals surface area contributed by atoms with E-state index in [1.807, 2.05) is 20.0 Å². The van der Waals surface area contributed by atoms with Crippen LogP contribution in [0.15, 0.2) is 35.4 Å². The zero-order chi connectivity index (χ0) is 16.4. The Morgan fingerprint density at radius 3 is 2.96 bits per heavy atom. The Labute approximate surface area is 133 Å². The van der Waals surface area contributed by atoms with Crippen LogP contribution in [0.25, 0.3) is 0 Å². The second-order valence-electron chi connectivity index (χ2n) is 5.60. The molecule has 0 unspecified atom stereocenters. The van der Waals surface area contributed by atoms with Crippen molar-refractivity contribution >= 4 is 11.6 Å². The van der Waals surface area contributed by atoms with E-state index in [-0.39, 0.29) is 23.5 Å². The lowest BCUT2D eigenvalue weighted by Crippen LogP contribution is -2.27. The van der Waals surface area contributed by atoms with Gasteiger partial charge in [-0.3, -0.25) is 14.3 Å². The quantitative estimate of drug-likeness (QED) is 0.923. The molecular weight excluding hydrogens is 296 g/mol. The minimum Gasteiger partial charge on any atom is -0.371 e. The monoisotopic (exact) mass is 316 g/mol. The van der Waals surface area contributed by atoms with Crippen LogP contribution >= 0.6 is 0 Å². The van der Waals surface area contributed by atoms with Gasteiger partial charge in [0.25, 0.3) is 5.56 Å². The first-order chi connectivity index (χ1) is 11.1. The number of aromatic nitrogens is 3. The van der Waals surface area contributed by atoms with E-state index in [1.165, 1.54) is 6.07 Å². The molecule has 1 aliphatic heterocycles. The summed E-state index contributed by atoms with van der Waals surface area (Å²) < 4.78 is 9.02. The summed E-state index contributed by atoms with van der Waals surface area (Å²) in [5, 5.41) is 7.03. The summed E-state index contributed by atoms with van der Waals surface area (Å²) in [7, 11) is 1.84. The third-order valence-electron chi connectivity index (χ3n) is 4.17. The second-order valence-corrected chi connectivity index (χ2v) is 5.60. The van der Waals surface area contributed by atoms with Gasteiger partial charge in [0, 0.05) is 38.7 Å². The number of carbonyl (C=O) groups excluding carboxylic acids is 1. The molecule has 0 aromatic carbocycles. The molecular formula is C16H20N4O3. The maximum atomic E-state index is 12.6. The molecule has 1 saturated heterocycles. The molecule has 2 aromatic rings. The van der Waals surface area contributed by atoms with Crippen LogP contribution in [0.5, 0.6) is 0 Å². The molecule has 1 N–H and O–H groups in total. The average molecular weight is 316 g/mol. The molecule has 7 nitrogen and oxygen atoms in total. The Morgan fingerprint density at radius 2 is 2.26 bits per heavy atom. The van der Waals surface area contributed by atoms with Crippen molar-refractivity contribution in [2.45, 2.75) is 26.0 Å². The predicted molar refractivity (Wildman–Crippen MR) is 85.0 cm³/mol. The lowest BCUT2D eigenvalue weighted by atomic mass is 9.98. The van der Waals surface area contributed by atoms with Crippen LogP contribution in [0.1, 0.15) is 25.1 Å². The summed E-state index contributed by atoms with van der Waals surface area (Å²) in [6.45, 7) is 2.99. The van der Waals surface area contributed by atoms with E-state index >= 15 is 0 Å². The Hall–Kier alpha value is -2.41. The average Bonchev–Trinajstić information content (AvgIpc) is 3.17.